The van der Waals surface area contributed by atoms with Gasteiger partial charge in [0.25, 0.3) is 0 Å². The average molecular weight is 812 g/mol. The maximum absolute atomic E-state index is 15.2. The van der Waals surface area contributed by atoms with Gasteiger partial charge in [0.2, 0.25) is 6.79 Å². The number of aromatic hydroxyl groups is 1. The van der Waals surface area contributed by atoms with E-state index in [1.54, 1.807) is 26.0 Å². The number of esters is 2. The minimum Gasteiger partial charge on any atom is -0.504 e. The number of aromatic amines is 1. The van der Waals surface area contributed by atoms with E-state index in [0.29, 0.717) is 60.2 Å². The Balaban J connectivity index is 1.25. The first-order valence-corrected chi connectivity index (χ1v) is 20.9. The maximum Gasteiger partial charge on any atom is 0.333 e. The summed E-state index contributed by atoms with van der Waals surface area (Å²) in [4.78, 5) is 36.7. The van der Waals surface area contributed by atoms with Gasteiger partial charge in [-0.15, -0.1) is 11.8 Å². The van der Waals surface area contributed by atoms with Crippen molar-refractivity contribution in [1.82, 2.24) is 20.1 Å². The normalized spacial score (nSPS) is 30.6. The number of aryl methyl sites for hydroxylation is 1. The summed E-state index contributed by atoms with van der Waals surface area (Å²) in [6.45, 7) is 8.43. The van der Waals surface area contributed by atoms with E-state index in [0.717, 1.165) is 50.0 Å². The Bertz CT molecular complexity index is 2440. The number of likely N-dealkylation sites (N-methyl/N-ethyl adjacent to an activating group) is 1. The first-order chi connectivity index (χ1) is 27.8. The van der Waals surface area contributed by atoms with Crippen LogP contribution in [-0.4, -0.2) is 103 Å². The lowest BCUT2D eigenvalue weighted by Gasteiger charge is -2.61. The van der Waals surface area contributed by atoms with Crippen molar-refractivity contribution in [3.05, 3.63) is 68.9 Å². The third-order valence-electron chi connectivity index (χ3n) is 13.5. The lowest BCUT2D eigenvalue weighted by Crippen LogP contribution is -2.69. The Morgan fingerprint density at radius 3 is 2.62 bits per heavy atom. The monoisotopic (exact) mass is 811 g/mol. The summed E-state index contributed by atoms with van der Waals surface area (Å²) in [6, 6.07) is 6.56. The highest BCUT2D eigenvalue weighted by atomic mass is 32.2. The second-order valence-electron chi connectivity index (χ2n) is 16.9. The minimum absolute atomic E-state index is 0.00234. The molecule has 15 heteroatoms. The summed E-state index contributed by atoms with van der Waals surface area (Å²) in [7, 11) is 5.34. The lowest BCUT2D eigenvalue weighted by atomic mass is 9.76. The predicted octanol–water partition coefficient (Wildman–Crippen LogP) is 4.59. The third-order valence-corrected chi connectivity index (χ3v) is 15.0. The number of phenolic OH excluding ortho intramolecular Hbond substituents is 1. The van der Waals surface area contributed by atoms with Gasteiger partial charge in [0.1, 0.15) is 18.1 Å². The fourth-order valence-electron chi connectivity index (χ4n) is 11.4. The number of aromatic nitrogens is 1. The van der Waals surface area contributed by atoms with E-state index >= 15 is 4.79 Å². The Hall–Kier alpha value is -4.67. The Kier molecular flexibility index (Phi) is 8.53. The number of thioether (sulfide) groups is 1. The fraction of sp³-hybridized carbons (Fsp3) is 0.488. The molecule has 8 aliphatic rings. The molecule has 4 aromatic rings. The van der Waals surface area contributed by atoms with Crippen LogP contribution in [0.1, 0.15) is 75.8 Å². The first-order valence-electron chi connectivity index (χ1n) is 19.8. The predicted molar refractivity (Wildman–Crippen MR) is 216 cm³/mol. The topological polar surface area (TPSA) is 170 Å². The molecule has 58 heavy (non-hydrogen) atoms. The Morgan fingerprint density at radius 1 is 1.09 bits per heavy atom. The van der Waals surface area contributed by atoms with Crippen LogP contribution in [-0.2, 0) is 32.7 Å². The number of benzene rings is 3. The molecule has 8 atom stereocenters. The fourth-order valence-corrected chi connectivity index (χ4v) is 13.1. The number of rotatable bonds is 4. The molecule has 2 unspecified atom stereocenters. The number of hydrogen-bond acceptors (Lipinski definition) is 14. The minimum atomic E-state index is -1.33. The van der Waals surface area contributed by atoms with Crippen LogP contribution in [0, 0.1) is 13.8 Å². The van der Waals surface area contributed by atoms with E-state index in [-0.39, 0.29) is 43.0 Å². The van der Waals surface area contributed by atoms with Crippen molar-refractivity contribution >= 4 is 34.6 Å². The van der Waals surface area contributed by atoms with Crippen LogP contribution in [0.3, 0.4) is 0 Å². The molecular weight excluding hydrogens is 763 g/mol. The lowest BCUT2D eigenvalue weighted by molar-refractivity contribution is -0.160. The number of hydrogen-bond donors (Lipinski definition) is 4. The van der Waals surface area contributed by atoms with Crippen LogP contribution >= 0.6 is 11.8 Å². The highest BCUT2D eigenvalue weighted by molar-refractivity contribution is 7.99. The molecule has 0 radical (unpaired) electrons. The summed E-state index contributed by atoms with van der Waals surface area (Å²) in [5.74, 6) is 2.16. The standard InChI is InChI=1S/C43H49N5O9S/c1-19-10-22-13-42(4)16-47(5)32(29(22)34(50)35(19)53-7)33-39-31-30(38-37(55-18-56-38)20(2)36(31)57-21(3)49)28(48(33)42)15-54-41(51)43(17-58-39)40-26(11-23(14-44)46-43)25-12-24(52-6)8-9-27(25)45-40/h8-10,12,23,28,32-33,39,45-46,50H,11,13-18,44H2,1-7H3/t23-,28-,32-,33+,39+,42?,43+/m0/s1. The number of nitrogens with one attached hydrogen (secondary N) is 2. The Labute approximate surface area is 340 Å². The highest BCUT2D eigenvalue weighted by Crippen LogP contribution is 2.65. The molecule has 1 aromatic heterocycles. The van der Waals surface area contributed by atoms with Gasteiger partial charge in [0.05, 0.1) is 37.2 Å². The molecule has 0 saturated carbocycles. The summed E-state index contributed by atoms with van der Waals surface area (Å²) in [5, 5.41) is 16.4. The van der Waals surface area contributed by atoms with E-state index in [9.17, 15) is 9.90 Å². The van der Waals surface area contributed by atoms with Crippen LogP contribution in [0.2, 0.25) is 0 Å². The molecule has 14 nitrogen and oxygen atoms in total. The first kappa shape index (κ1) is 37.6. The highest BCUT2D eigenvalue weighted by Gasteiger charge is 2.63. The number of carbonyl (C=O) groups excluding carboxylic acids is 2. The molecule has 8 aliphatic heterocycles. The second-order valence-corrected chi connectivity index (χ2v) is 18.1. The van der Waals surface area contributed by atoms with Gasteiger partial charge in [-0.1, -0.05) is 6.07 Å². The van der Waals surface area contributed by atoms with E-state index in [1.165, 1.54) is 6.92 Å². The number of piperazine rings is 1. The van der Waals surface area contributed by atoms with E-state index in [2.05, 4.69) is 40.1 Å². The number of ether oxygens (including phenoxy) is 6. The van der Waals surface area contributed by atoms with Crippen molar-refractivity contribution in [3.8, 4) is 34.5 Å². The number of nitrogens with zero attached hydrogens (tertiary/aromatic N) is 2. The molecule has 3 aromatic carbocycles. The molecular formula is C43H49N5O9S. The van der Waals surface area contributed by atoms with Gasteiger partial charge in [0, 0.05) is 76.5 Å². The average Bonchev–Trinajstić information content (AvgIpc) is 3.78. The van der Waals surface area contributed by atoms with Crippen LogP contribution in [0.5, 0.6) is 34.5 Å². The third kappa shape index (κ3) is 5.06. The Morgan fingerprint density at radius 2 is 1.88 bits per heavy atom. The van der Waals surface area contributed by atoms with Crippen LogP contribution in [0.25, 0.3) is 10.9 Å². The number of fused-ring (bicyclic) bond motifs is 8. The van der Waals surface area contributed by atoms with Gasteiger partial charge in [-0.3, -0.25) is 19.9 Å². The zero-order chi connectivity index (χ0) is 40.6. The van der Waals surface area contributed by atoms with E-state index < -0.39 is 34.3 Å². The number of nitrogens with two attached hydrogens (primary N) is 1. The SMILES string of the molecule is COc1ccc2[nH]c3c(c2c1)C[C@@H](CN)N[C@]31CS[C@@H]2c3c(OC(C)=O)c(C)c4c(c3[C@H](COC1=O)N1[C@@H]2[C@@H]2c3c(cc(C)c(OC)c3O)CC1(C)CN2C)OCO4. The zero-order valence-corrected chi connectivity index (χ0v) is 34.6. The molecule has 4 bridgehead atoms. The van der Waals surface area contributed by atoms with Gasteiger partial charge < -0.3 is 44.2 Å². The van der Waals surface area contributed by atoms with Gasteiger partial charge in [-0.2, -0.15) is 0 Å². The molecule has 306 valence electrons. The van der Waals surface area contributed by atoms with Crippen LogP contribution in [0.4, 0.5) is 0 Å². The van der Waals surface area contributed by atoms with Gasteiger partial charge in [0.15, 0.2) is 28.5 Å². The molecule has 9 heterocycles. The molecule has 2 saturated heterocycles. The second kappa shape index (κ2) is 13.2. The van der Waals surface area contributed by atoms with Crippen molar-refractivity contribution < 1.29 is 43.1 Å². The van der Waals surface area contributed by atoms with E-state index in [1.807, 2.05) is 32.0 Å². The van der Waals surface area contributed by atoms with Gasteiger partial charge in [-0.25, -0.2) is 4.79 Å². The van der Waals surface area contributed by atoms with Crippen molar-refractivity contribution in [3.63, 3.8) is 0 Å². The number of carbonyl (C=O) groups is 2. The van der Waals surface area contributed by atoms with Crippen molar-refractivity contribution in [1.29, 1.82) is 0 Å². The van der Waals surface area contributed by atoms with Gasteiger partial charge >= 0.3 is 11.9 Å². The molecule has 12 rings (SSSR count). The molecule has 0 amide bonds. The molecule has 2 fully saturated rings. The van der Waals surface area contributed by atoms with Crippen LogP contribution < -0.4 is 34.7 Å². The quantitative estimate of drug-likeness (QED) is 0.167. The summed E-state index contributed by atoms with van der Waals surface area (Å²) in [5.41, 5.74) is 12.2. The summed E-state index contributed by atoms with van der Waals surface area (Å²) >= 11 is 1.61. The molecule has 0 aliphatic carbocycles. The number of phenols is 1. The summed E-state index contributed by atoms with van der Waals surface area (Å²) in [6.07, 6.45) is 1.22. The van der Waals surface area contributed by atoms with Gasteiger partial charge in [-0.05, 0) is 75.5 Å². The van der Waals surface area contributed by atoms with Crippen molar-refractivity contribution in [2.75, 3.05) is 53.5 Å². The number of H-pyrrole nitrogens is 1. The maximum atomic E-state index is 15.2. The number of methoxy groups -OCH3 is 2. The van der Waals surface area contributed by atoms with Crippen molar-refractivity contribution in [2.45, 2.75) is 81.0 Å². The zero-order valence-electron chi connectivity index (χ0n) is 33.7. The largest absolute Gasteiger partial charge is 0.504 e. The smallest absolute Gasteiger partial charge is 0.333 e. The van der Waals surface area contributed by atoms with Crippen LogP contribution in [0.15, 0.2) is 24.3 Å². The van der Waals surface area contributed by atoms with E-state index in [4.69, 9.17) is 34.2 Å². The summed E-state index contributed by atoms with van der Waals surface area (Å²) < 4.78 is 36.8. The molecule has 5 N–H and O–H groups in total. The van der Waals surface area contributed by atoms with Crippen molar-refractivity contribution in [2.24, 2.45) is 5.73 Å². The molecule has 1 spiro atoms.